The van der Waals surface area contributed by atoms with Gasteiger partial charge < -0.3 is 15.1 Å². The van der Waals surface area contributed by atoms with Crippen LogP contribution in [-0.4, -0.2) is 60.0 Å². The molecular formula is C22H28N6O. The number of aromatic nitrogens is 2. The Morgan fingerprint density at radius 1 is 1.24 bits per heavy atom. The van der Waals surface area contributed by atoms with Crippen molar-refractivity contribution in [1.82, 2.24) is 20.2 Å². The molecule has 2 saturated heterocycles. The summed E-state index contributed by atoms with van der Waals surface area (Å²) in [4.78, 5) is 26.1. The van der Waals surface area contributed by atoms with E-state index in [1.807, 2.05) is 12.1 Å². The van der Waals surface area contributed by atoms with Crippen LogP contribution in [0.5, 0.6) is 0 Å². The average Bonchev–Trinajstić information content (AvgIpc) is 3.07. The molecule has 2 aliphatic heterocycles. The van der Waals surface area contributed by atoms with Crippen molar-refractivity contribution >= 4 is 22.6 Å². The van der Waals surface area contributed by atoms with Gasteiger partial charge in [0, 0.05) is 38.4 Å². The zero-order chi connectivity index (χ0) is 20.4. The van der Waals surface area contributed by atoms with Gasteiger partial charge in [-0.3, -0.25) is 14.8 Å². The molecule has 7 heteroatoms. The van der Waals surface area contributed by atoms with Crippen molar-refractivity contribution < 1.29 is 4.79 Å². The molecule has 2 aromatic rings. The predicted molar refractivity (Wildman–Crippen MR) is 112 cm³/mol. The van der Waals surface area contributed by atoms with Crippen molar-refractivity contribution in [2.24, 2.45) is 11.8 Å². The van der Waals surface area contributed by atoms with E-state index in [4.69, 9.17) is 0 Å². The first kappa shape index (κ1) is 19.6. The summed E-state index contributed by atoms with van der Waals surface area (Å²) in [5.41, 5.74) is 2.89. The highest BCUT2D eigenvalue weighted by atomic mass is 16.1. The van der Waals surface area contributed by atoms with Gasteiger partial charge in [0.2, 0.25) is 5.91 Å². The number of carbonyl (C=O) groups excluding carboxylic acids is 1. The van der Waals surface area contributed by atoms with Crippen molar-refractivity contribution in [3.05, 3.63) is 30.1 Å². The summed E-state index contributed by atoms with van der Waals surface area (Å²) in [5.74, 6) is 0.961. The Labute approximate surface area is 171 Å². The quantitative estimate of drug-likeness (QED) is 0.858. The third-order valence-electron chi connectivity index (χ3n) is 6.22. The number of piperidine rings is 1. The van der Waals surface area contributed by atoms with Gasteiger partial charge in [0.05, 0.1) is 17.3 Å². The molecule has 0 aliphatic carbocycles. The van der Waals surface area contributed by atoms with Crippen molar-refractivity contribution in [2.75, 3.05) is 38.1 Å². The van der Waals surface area contributed by atoms with E-state index in [0.717, 1.165) is 43.8 Å². The van der Waals surface area contributed by atoms with Gasteiger partial charge in [0.1, 0.15) is 17.1 Å². The van der Waals surface area contributed by atoms with Crippen LogP contribution >= 0.6 is 0 Å². The number of nitriles is 1. The van der Waals surface area contributed by atoms with Crippen LogP contribution < -0.4 is 10.2 Å². The van der Waals surface area contributed by atoms with Crippen LogP contribution in [0.4, 0.5) is 5.69 Å². The highest BCUT2D eigenvalue weighted by molar-refractivity contribution is 5.92. The topological polar surface area (TPSA) is 85.1 Å². The van der Waals surface area contributed by atoms with Crippen LogP contribution in [0.3, 0.4) is 0 Å². The zero-order valence-corrected chi connectivity index (χ0v) is 17.1. The summed E-state index contributed by atoms with van der Waals surface area (Å²) < 4.78 is 0. The summed E-state index contributed by atoms with van der Waals surface area (Å²) in [6.07, 6.45) is 6.20. The number of anilines is 1. The molecular weight excluding hydrogens is 364 g/mol. The minimum atomic E-state index is 0.117. The highest BCUT2D eigenvalue weighted by Crippen LogP contribution is 2.30. The van der Waals surface area contributed by atoms with Crippen LogP contribution in [0.2, 0.25) is 0 Å². The molecule has 0 unspecified atom stereocenters. The molecule has 152 valence electrons. The lowest BCUT2D eigenvalue weighted by Crippen LogP contribution is -2.42. The van der Waals surface area contributed by atoms with E-state index in [1.54, 1.807) is 12.4 Å². The van der Waals surface area contributed by atoms with E-state index < -0.39 is 0 Å². The molecule has 2 fully saturated rings. The standard InChI is InChI=1S/C22H28N6O/c1-15-12-28(19-6-5-17(11-23)21-22(19)25-8-7-24-21)14-18(15)26-20(29)10-16-4-3-9-27(2)13-16/h5-8,15-16,18H,3-4,9-10,12-14H2,1-2H3,(H,26,29)/t15-,16-,18+/m1/s1. The second kappa shape index (κ2) is 8.34. The fourth-order valence-corrected chi connectivity index (χ4v) is 4.71. The molecule has 0 radical (unpaired) electrons. The van der Waals surface area contributed by atoms with E-state index in [0.29, 0.717) is 29.3 Å². The van der Waals surface area contributed by atoms with Gasteiger partial charge in [-0.2, -0.15) is 5.26 Å². The number of benzene rings is 1. The predicted octanol–water partition coefficient (Wildman–Crippen LogP) is 2.17. The summed E-state index contributed by atoms with van der Waals surface area (Å²) in [6.45, 7) is 5.91. The lowest BCUT2D eigenvalue weighted by molar-refractivity contribution is -0.123. The second-order valence-electron chi connectivity index (χ2n) is 8.53. The number of rotatable bonds is 4. The van der Waals surface area contributed by atoms with Crippen molar-refractivity contribution in [2.45, 2.75) is 32.2 Å². The maximum Gasteiger partial charge on any atom is 0.220 e. The molecule has 0 spiro atoms. The summed E-state index contributed by atoms with van der Waals surface area (Å²) in [6, 6.07) is 6.07. The Hall–Kier alpha value is -2.72. The van der Waals surface area contributed by atoms with Crippen molar-refractivity contribution in [3.8, 4) is 6.07 Å². The number of likely N-dealkylation sites (tertiary alicyclic amines) is 1. The first-order valence-electron chi connectivity index (χ1n) is 10.4. The molecule has 1 aromatic carbocycles. The molecule has 29 heavy (non-hydrogen) atoms. The second-order valence-corrected chi connectivity index (χ2v) is 8.53. The zero-order valence-electron chi connectivity index (χ0n) is 17.1. The molecule has 4 rings (SSSR count). The fraction of sp³-hybridized carbons (Fsp3) is 0.545. The maximum atomic E-state index is 12.7. The largest absolute Gasteiger partial charge is 0.367 e. The molecule has 1 aromatic heterocycles. The SMILES string of the molecule is C[C@@H]1CN(c2ccc(C#N)c3nccnc23)C[C@@H]1NC(=O)C[C@H]1CCCN(C)C1. The molecule has 3 atom stereocenters. The van der Waals surface area contributed by atoms with Crippen molar-refractivity contribution in [3.63, 3.8) is 0 Å². The van der Waals surface area contributed by atoms with Gasteiger partial charge in [-0.15, -0.1) is 0 Å². The Morgan fingerprint density at radius 2 is 2.03 bits per heavy atom. The van der Waals surface area contributed by atoms with Gasteiger partial charge in [-0.05, 0) is 50.4 Å². The fourth-order valence-electron chi connectivity index (χ4n) is 4.71. The van der Waals surface area contributed by atoms with Gasteiger partial charge in [-0.25, -0.2) is 0 Å². The van der Waals surface area contributed by atoms with E-state index >= 15 is 0 Å². The minimum Gasteiger partial charge on any atom is -0.367 e. The first-order chi connectivity index (χ1) is 14.0. The van der Waals surface area contributed by atoms with Crippen LogP contribution in [0.1, 0.15) is 31.7 Å². The Kier molecular flexibility index (Phi) is 5.63. The van der Waals surface area contributed by atoms with Gasteiger partial charge in [0.25, 0.3) is 0 Å². The lowest BCUT2D eigenvalue weighted by Gasteiger charge is -2.29. The number of nitrogens with one attached hydrogen (secondary N) is 1. The molecule has 7 nitrogen and oxygen atoms in total. The van der Waals surface area contributed by atoms with E-state index in [9.17, 15) is 10.1 Å². The minimum absolute atomic E-state index is 0.117. The first-order valence-corrected chi connectivity index (χ1v) is 10.4. The van der Waals surface area contributed by atoms with E-state index in [1.165, 1.54) is 6.42 Å². The van der Waals surface area contributed by atoms with Crippen molar-refractivity contribution in [1.29, 1.82) is 5.26 Å². The number of fused-ring (bicyclic) bond motifs is 1. The molecule has 1 amide bonds. The number of nitrogens with zero attached hydrogens (tertiary/aromatic N) is 5. The summed E-state index contributed by atoms with van der Waals surface area (Å²) in [7, 11) is 2.13. The maximum absolute atomic E-state index is 12.7. The third kappa shape index (κ3) is 4.18. The molecule has 2 aliphatic rings. The Bertz CT molecular complexity index is 939. The van der Waals surface area contributed by atoms with E-state index in [2.05, 4.69) is 45.1 Å². The molecule has 0 bridgehead atoms. The Morgan fingerprint density at radius 3 is 2.79 bits per heavy atom. The number of hydrogen-bond acceptors (Lipinski definition) is 6. The Balaban J connectivity index is 1.44. The van der Waals surface area contributed by atoms with Gasteiger partial charge >= 0.3 is 0 Å². The number of amides is 1. The van der Waals surface area contributed by atoms with Crippen LogP contribution in [-0.2, 0) is 4.79 Å². The van der Waals surface area contributed by atoms with Crippen LogP contribution in [0, 0.1) is 23.2 Å². The van der Waals surface area contributed by atoms with Crippen LogP contribution in [0.15, 0.2) is 24.5 Å². The summed E-state index contributed by atoms with van der Waals surface area (Å²) in [5, 5.41) is 12.6. The monoisotopic (exact) mass is 392 g/mol. The smallest absolute Gasteiger partial charge is 0.220 e. The molecule has 0 saturated carbocycles. The molecule has 3 heterocycles. The van der Waals surface area contributed by atoms with E-state index in [-0.39, 0.29) is 11.9 Å². The van der Waals surface area contributed by atoms with Gasteiger partial charge in [-0.1, -0.05) is 6.92 Å². The normalized spacial score (nSPS) is 25.1. The number of carbonyl (C=O) groups is 1. The molecule has 1 N–H and O–H groups in total. The van der Waals surface area contributed by atoms with Crippen LogP contribution in [0.25, 0.3) is 11.0 Å². The highest BCUT2D eigenvalue weighted by Gasteiger charge is 2.32. The average molecular weight is 393 g/mol. The third-order valence-corrected chi connectivity index (χ3v) is 6.22. The summed E-state index contributed by atoms with van der Waals surface area (Å²) >= 11 is 0. The lowest BCUT2D eigenvalue weighted by atomic mass is 9.94. The van der Waals surface area contributed by atoms with Gasteiger partial charge in [0.15, 0.2) is 0 Å². The number of hydrogen-bond donors (Lipinski definition) is 1.